The zero-order valence-corrected chi connectivity index (χ0v) is 12.0. The van der Waals surface area contributed by atoms with Gasteiger partial charge in [0.1, 0.15) is 6.04 Å². The summed E-state index contributed by atoms with van der Waals surface area (Å²) in [5.74, 6) is -0.755. The number of fused-ring (bicyclic) bond motifs is 1. The van der Waals surface area contributed by atoms with Crippen LogP contribution in [0.1, 0.15) is 12.5 Å². The van der Waals surface area contributed by atoms with Gasteiger partial charge in [-0.05, 0) is 23.8 Å². The van der Waals surface area contributed by atoms with Crippen molar-refractivity contribution in [2.24, 2.45) is 0 Å². The Kier molecular flexibility index (Phi) is 4.29. The molecule has 0 saturated heterocycles. The van der Waals surface area contributed by atoms with Gasteiger partial charge >= 0.3 is 5.97 Å². The van der Waals surface area contributed by atoms with Gasteiger partial charge in [-0.3, -0.25) is 4.79 Å². The van der Waals surface area contributed by atoms with Gasteiger partial charge in [0.25, 0.3) is 0 Å². The average molecular weight is 295 g/mol. The maximum atomic E-state index is 11.7. The number of aromatic nitrogens is 1. The van der Waals surface area contributed by atoms with E-state index in [0.29, 0.717) is 11.4 Å². The molecule has 1 unspecified atom stereocenters. The number of amides is 1. The Balaban J connectivity index is 2.30. The Hall–Kier alpha value is -2.01. The first-order valence-electron chi connectivity index (χ1n) is 6.11. The highest BCUT2D eigenvalue weighted by molar-refractivity contribution is 6.31. The fraction of sp³-hybridized carbons (Fsp3) is 0.286. The highest BCUT2D eigenvalue weighted by atomic mass is 35.5. The third kappa shape index (κ3) is 3.11. The molecule has 0 aliphatic carbocycles. The normalized spacial score (nSPS) is 12.2. The van der Waals surface area contributed by atoms with Crippen molar-refractivity contribution in [2.45, 2.75) is 19.4 Å². The number of hydrogen-bond acceptors (Lipinski definition) is 3. The summed E-state index contributed by atoms with van der Waals surface area (Å²) in [4.78, 5) is 26.0. The summed E-state index contributed by atoms with van der Waals surface area (Å²) in [6.45, 7) is 1.36. The first-order valence-corrected chi connectivity index (χ1v) is 6.49. The lowest BCUT2D eigenvalue weighted by molar-refractivity contribution is -0.144. The van der Waals surface area contributed by atoms with E-state index in [-0.39, 0.29) is 5.91 Å². The molecule has 0 fully saturated rings. The Morgan fingerprint density at radius 2 is 2.20 bits per heavy atom. The zero-order chi connectivity index (χ0) is 14.7. The summed E-state index contributed by atoms with van der Waals surface area (Å²) in [5, 5.41) is 4.13. The van der Waals surface area contributed by atoms with Crippen molar-refractivity contribution in [1.29, 1.82) is 0 Å². The van der Waals surface area contributed by atoms with Gasteiger partial charge in [0.05, 0.1) is 7.11 Å². The average Bonchev–Trinajstić information content (AvgIpc) is 2.79. The molecule has 2 aromatic rings. The maximum absolute atomic E-state index is 11.7. The molecule has 0 aliphatic heterocycles. The van der Waals surface area contributed by atoms with Crippen LogP contribution in [0.2, 0.25) is 5.02 Å². The van der Waals surface area contributed by atoms with Crippen LogP contribution in [-0.4, -0.2) is 30.0 Å². The molecule has 5 nitrogen and oxygen atoms in total. The standard InChI is InChI=1S/C14H15ClN2O3/c1-8(18)17-13(14(19)20-2)5-9-7-16-12-4-3-10(15)6-11(9)12/h3-4,6-7,13,16H,5H2,1-2H3,(H,17,18). The molecule has 2 rings (SSSR count). The predicted octanol–water partition coefficient (Wildman–Crippen LogP) is 2.04. The number of aromatic amines is 1. The fourth-order valence-electron chi connectivity index (χ4n) is 2.12. The van der Waals surface area contributed by atoms with Crippen molar-refractivity contribution in [3.8, 4) is 0 Å². The number of carbonyl (C=O) groups is 2. The van der Waals surface area contributed by atoms with Crippen LogP contribution in [-0.2, 0) is 20.7 Å². The molecule has 0 radical (unpaired) electrons. The molecular weight excluding hydrogens is 280 g/mol. The van der Waals surface area contributed by atoms with Crippen LogP contribution >= 0.6 is 11.6 Å². The Bertz CT molecular complexity index is 651. The van der Waals surface area contributed by atoms with Crippen LogP contribution in [0, 0.1) is 0 Å². The van der Waals surface area contributed by atoms with Gasteiger partial charge in [-0.15, -0.1) is 0 Å². The molecule has 1 aromatic heterocycles. The number of nitrogens with one attached hydrogen (secondary N) is 2. The number of methoxy groups -OCH3 is 1. The van der Waals surface area contributed by atoms with E-state index in [1.54, 1.807) is 12.3 Å². The van der Waals surface area contributed by atoms with Crippen LogP contribution in [0.4, 0.5) is 0 Å². The number of hydrogen-bond donors (Lipinski definition) is 2. The summed E-state index contributed by atoms with van der Waals surface area (Å²) in [6, 6.07) is 4.77. The molecule has 20 heavy (non-hydrogen) atoms. The molecule has 1 amide bonds. The molecule has 0 saturated carbocycles. The number of esters is 1. The van der Waals surface area contributed by atoms with E-state index in [2.05, 4.69) is 10.3 Å². The van der Waals surface area contributed by atoms with E-state index in [1.165, 1.54) is 14.0 Å². The smallest absolute Gasteiger partial charge is 0.328 e. The summed E-state index contributed by atoms with van der Waals surface area (Å²) in [6.07, 6.45) is 2.14. The van der Waals surface area contributed by atoms with Crippen LogP contribution in [0.25, 0.3) is 10.9 Å². The summed E-state index contributed by atoms with van der Waals surface area (Å²) >= 11 is 5.98. The second-order valence-corrected chi connectivity index (χ2v) is 4.92. The minimum atomic E-state index is -0.713. The van der Waals surface area contributed by atoms with E-state index in [9.17, 15) is 9.59 Å². The molecule has 2 N–H and O–H groups in total. The molecule has 0 aliphatic rings. The second kappa shape index (κ2) is 5.96. The monoisotopic (exact) mass is 294 g/mol. The number of rotatable bonds is 4. The van der Waals surface area contributed by atoms with Crippen molar-refractivity contribution >= 4 is 34.4 Å². The van der Waals surface area contributed by atoms with Crippen LogP contribution in [0.5, 0.6) is 0 Å². The second-order valence-electron chi connectivity index (χ2n) is 4.48. The minimum Gasteiger partial charge on any atom is -0.467 e. The molecule has 106 valence electrons. The lowest BCUT2D eigenvalue weighted by atomic mass is 10.0. The van der Waals surface area contributed by atoms with Crippen LogP contribution < -0.4 is 5.32 Å². The van der Waals surface area contributed by atoms with E-state index < -0.39 is 12.0 Å². The van der Waals surface area contributed by atoms with Gasteiger partial charge in [-0.25, -0.2) is 4.79 Å². The minimum absolute atomic E-state index is 0.279. The van der Waals surface area contributed by atoms with Crippen molar-refractivity contribution in [1.82, 2.24) is 10.3 Å². The predicted molar refractivity (Wildman–Crippen MR) is 76.6 cm³/mol. The molecule has 1 aromatic carbocycles. The van der Waals surface area contributed by atoms with Gasteiger partial charge in [-0.2, -0.15) is 0 Å². The molecule has 6 heteroatoms. The Labute approximate surface area is 121 Å². The molecule has 0 spiro atoms. The number of ether oxygens (including phenoxy) is 1. The van der Waals surface area contributed by atoms with Crippen LogP contribution in [0.3, 0.4) is 0 Å². The Morgan fingerprint density at radius 1 is 1.45 bits per heavy atom. The maximum Gasteiger partial charge on any atom is 0.328 e. The summed E-state index contributed by atoms with van der Waals surface area (Å²) in [5.41, 5.74) is 1.82. The molecule has 1 heterocycles. The van der Waals surface area contributed by atoms with Crippen molar-refractivity contribution in [3.05, 3.63) is 35.0 Å². The quantitative estimate of drug-likeness (QED) is 0.848. The topological polar surface area (TPSA) is 71.2 Å². The van der Waals surface area contributed by atoms with Gasteiger partial charge in [-0.1, -0.05) is 11.6 Å². The van der Waals surface area contributed by atoms with E-state index in [0.717, 1.165) is 16.5 Å². The van der Waals surface area contributed by atoms with Gasteiger partial charge in [0.2, 0.25) is 5.91 Å². The molecule has 1 atom stereocenters. The third-order valence-electron chi connectivity index (χ3n) is 3.02. The highest BCUT2D eigenvalue weighted by Gasteiger charge is 2.22. The van der Waals surface area contributed by atoms with Crippen molar-refractivity contribution in [3.63, 3.8) is 0 Å². The number of carbonyl (C=O) groups excluding carboxylic acids is 2. The van der Waals surface area contributed by atoms with Gasteiger partial charge < -0.3 is 15.0 Å². The third-order valence-corrected chi connectivity index (χ3v) is 3.25. The summed E-state index contributed by atoms with van der Waals surface area (Å²) in [7, 11) is 1.29. The largest absolute Gasteiger partial charge is 0.467 e. The van der Waals surface area contributed by atoms with Gasteiger partial charge in [0.15, 0.2) is 0 Å². The van der Waals surface area contributed by atoms with E-state index in [4.69, 9.17) is 16.3 Å². The van der Waals surface area contributed by atoms with Crippen LogP contribution in [0.15, 0.2) is 24.4 Å². The van der Waals surface area contributed by atoms with Crippen molar-refractivity contribution in [2.75, 3.05) is 7.11 Å². The number of halogens is 1. The highest BCUT2D eigenvalue weighted by Crippen LogP contribution is 2.23. The zero-order valence-electron chi connectivity index (χ0n) is 11.2. The first kappa shape index (κ1) is 14.4. The van der Waals surface area contributed by atoms with Crippen molar-refractivity contribution < 1.29 is 14.3 Å². The lowest BCUT2D eigenvalue weighted by Crippen LogP contribution is -2.41. The lowest BCUT2D eigenvalue weighted by Gasteiger charge is -2.14. The van der Waals surface area contributed by atoms with Gasteiger partial charge in [0, 0.05) is 35.5 Å². The Morgan fingerprint density at radius 3 is 2.85 bits per heavy atom. The summed E-state index contributed by atoms with van der Waals surface area (Å²) < 4.78 is 4.71. The molecular formula is C14H15ClN2O3. The number of H-pyrrole nitrogens is 1. The van der Waals surface area contributed by atoms with E-state index >= 15 is 0 Å². The molecule has 0 bridgehead atoms. The SMILES string of the molecule is COC(=O)C(Cc1c[nH]c2ccc(Cl)cc12)NC(C)=O. The fourth-order valence-corrected chi connectivity index (χ4v) is 2.29. The first-order chi connectivity index (χ1) is 9.51. The number of benzene rings is 1. The van der Waals surface area contributed by atoms with E-state index in [1.807, 2.05) is 12.1 Å².